The van der Waals surface area contributed by atoms with Gasteiger partial charge in [0.15, 0.2) is 0 Å². The van der Waals surface area contributed by atoms with Crippen molar-refractivity contribution in [1.29, 1.82) is 0 Å². The maximum Gasteiger partial charge on any atom is 0.294 e. The Morgan fingerprint density at radius 1 is 0.739 bits per heavy atom. The molecule has 0 saturated heterocycles. The minimum Gasteiger partial charge on any atom is -0.380 e. The van der Waals surface area contributed by atoms with Gasteiger partial charge in [0.2, 0.25) is 9.84 Å². The zero-order chi connectivity index (χ0) is 17.7. The van der Waals surface area contributed by atoms with Crippen molar-refractivity contribution in [2.45, 2.75) is 23.6 Å². The number of sulfone groups is 1. The van der Waals surface area contributed by atoms with Gasteiger partial charge in [0.1, 0.15) is 5.94 Å². The Balaban J connectivity index is 0.000000231. The summed E-state index contributed by atoms with van der Waals surface area (Å²) in [5.41, 5.74) is 1.95. The van der Waals surface area contributed by atoms with Crippen molar-refractivity contribution in [2.75, 3.05) is 5.94 Å². The van der Waals surface area contributed by atoms with Gasteiger partial charge in [-0.1, -0.05) is 35.4 Å². The normalized spacial score (nSPS) is 11.5. The molecule has 0 aromatic heterocycles. The van der Waals surface area contributed by atoms with Crippen LogP contribution in [0.4, 0.5) is 0 Å². The smallest absolute Gasteiger partial charge is 0.294 e. The number of aliphatic hydroxyl groups is 1. The Labute approximate surface area is 136 Å². The van der Waals surface area contributed by atoms with Crippen LogP contribution >= 0.6 is 0 Å². The summed E-state index contributed by atoms with van der Waals surface area (Å²) in [6, 6.07) is 12.4. The van der Waals surface area contributed by atoms with Crippen molar-refractivity contribution in [1.82, 2.24) is 0 Å². The van der Waals surface area contributed by atoms with Crippen LogP contribution in [-0.2, 0) is 20.0 Å². The molecule has 0 radical (unpaired) electrons. The van der Waals surface area contributed by atoms with Crippen LogP contribution in [0.15, 0.2) is 58.3 Å². The Morgan fingerprint density at radius 2 is 1.09 bits per heavy atom. The molecule has 0 unspecified atom stereocenters. The lowest BCUT2D eigenvalue weighted by Gasteiger charge is -1.99. The molecule has 6 nitrogen and oxygen atoms in total. The molecule has 23 heavy (non-hydrogen) atoms. The van der Waals surface area contributed by atoms with Crippen LogP contribution in [0.3, 0.4) is 0 Å². The number of hydrogen-bond acceptors (Lipinski definition) is 5. The summed E-state index contributed by atoms with van der Waals surface area (Å²) in [5.74, 6) is -0.837. The van der Waals surface area contributed by atoms with Gasteiger partial charge < -0.3 is 5.11 Å². The van der Waals surface area contributed by atoms with E-state index in [9.17, 15) is 16.8 Å². The Hall–Kier alpha value is -1.74. The van der Waals surface area contributed by atoms with E-state index >= 15 is 0 Å². The van der Waals surface area contributed by atoms with Gasteiger partial charge >= 0.3 is 0 Å². The van der Waals surface area contributed by atoms with Crippen molar-refractivity contribution in [3.8, 4) is 0 Å². The number of aliphatic hydroxyl groups excluding tert-OH is 1. The number of aryl methyl sites for hydroxylation is 2. The monoisotopic (exact) mass is 358 g/mol. The first-order chi connectivity index (χ1) is 10.6. The van der Waals surface area contributed by atoms with Crippen LogP contribution in [0.25, 0.3) is 0 Å². The molecule has 2 aromatic carbocycles. The molecule has 2 N–H and O–H groups in total. The van der Waals surface area contributed by atoms with Gasteiger partial charge in [0.05, 0.1) is 9.79 Å². The Bertz CT molecular complexity index is 836. The average molecular weight is 358 g/mol. The third-order valence-corrected chi connectivity index (χ3v) is 5.07. The highest BCUT2D eigenvalue weighted by molar-refractivity contribution is 7.91. The molecule has 0 amide bonds. The molecule has 0 fully saturated rings. The second kappa shape index (κ2) is 7.69. The number of hydrogen-bond donors (Lipinski definition) is 2. The summed E-state index contributed by atoms with van der Waals surface area (Å²) in [6.45, 7) is 3.71. The zero-order valence-corrected chi connectivity index (χ0v) is 14.3. The van der Waals surface area contributed by atoms with E-state index in [4.69, 9.17) is 9.66 Å². The fourth-order valence-electron chi connectivity index (χ4n) is 1.53. The molecule has 0 spiro atoms. The standard InChI is InChI=1S/C8H10O3S.C7H8O3S/c1-7-2-4-8(5-3-7)12(10,11)6-9;1-6-2-4-7(5-3-6)11(8,9)10/h2-5,9H,6H2,1H3;2-5H,1H3,(H,8,9,10). The maximum absolute atomic E-state index is 11.1. The van der Waals surface area contributed by atoms with E-state index in [1.807, 2.05) is 13.8 Å². The maximum atomic E-state index is 11.1. The van der Waals surface area contributed by atoms with Crippen LogP contribution in [0.2, 0.25) is 0 Å². The molecule has 0 saturated carbocycles. The SMILES string of the molecule is Cc1ccc(S(=O)(=O)CO)cc1.Cc1ccc(S(=O)(=O)O)cc1. The summed E-state index contributed by atoms with van der Waals surface area (Å²) >= 11 is 0. The second-order valence-corrected chi connectivity index (χ2v) is 8.23. The largest absolute Gasteiger partial charge is 0.380 e. The van der Waals surface area contributed by atoms with Gasteiger partial charge in [-0.25, -0.2) is 8.42 Å². The van der Waals surface area contributed by atoms with E-state index in [-0.39, 0.29) is 9.79 Å². The highest BCUT2D eigenvalue weighted by atomic mass is 32.2. The van der Waals surface area contributed by atoms with E-state index in [0.717, 1.165) is 11.1 Å². The molecule has 0 bridgehead atoms. The van der Waals surface area contributed by atoms with Gasteiger partial charge in [0, 0.05) is 0 Å². The Morgan fingerprint density at radius 3 is 1.39 bits per heavy atom. The van der Waals surface area contributed by atoms with E-state index < -0.39 is 25.9 Å². The first kappa shape index (κ1) is 19.3. The van der Waals surface area contributed by atoms with Crippen LogP contribution in [-0.4, -0.2) is 32.4 Å². The minimum absolute atomic E-state index is 0.0666. The third-order valence-electron chi connectivity index (χ3n) is 2.87. The summed E-state index contributed by atoms with van der Waals surface area (Å²) in [7, 11) is -7.48. The molecule has 0 aliphatic rings. The predicted octanol–water partition coefficient (Wildman–Crippen LogP) is 1.96. The van der Waals surface area contributed by atoms with Crippen LogP contribution in [0, 0.1) is 13.8 Å². The number of rotatable bonds is 3. The molecular weight excluding hydrogens is 340 g/mol. The van der Waals surface area contributed by atoms with Crippen molar-refractivity contribution in [3.63, 3.8) is 0 Å². The molecule has 0 heterocycles. The summed E-state index contributed by atoms with van der Waals surface area (Å²) < 4.78 is 51.7. The molecular formula is C15H18O6S2. The topological polar surface area (TPSA) is 109 Å². The molecule has 126 valence electrons. The lowest BCUT2D eigenvalue weighted by Crippen LogP contribution is -2.05. The van der Waals surface area contributed by atoms with Crippen molar-refractivity contribution in [2.24, 2.45) is 0 Å². The average Bonchev–Trinajstić information content (AvgIpc) is 2.48. The highest BCUT2D eigenvalue weighted by Crippen LogP contribution is 2.10. The summed E-state index contributed by atoms with van der Waals surface area (Å²) in [5, 5.41) is 8.53. The first-order valence-electron chi connectivity index (χ1n) is 6.51. The lowest BCUT2D eigenvalue weighted by molar-refractivity contribution is 0.358. The van der Waals surface area contributed by atoms with Crippen LogP contribution in [0.1, 0.15) is 11.1 Å². The molecule has 0 aliphatic carbocycles. The fourth-order valence-corrected chi connectivity index (χ4v) is 2.71. The predicted molar refractivity (Wildman–Crippen MR) is 86.4 cm³/mol. The van der Waals surface area contributed by atoms with Gasteiger partial charge in [-0.15, -0.1) is 0 Å². The second-order valence-electron chi connectivity index (χ2n) is 4.85. The summed E-state index contributed by atoms with van der Waals surface area (Å²) in [4.78, 5) is 0.0960. The quantitative estimate of drug-likeness (QED) is 0.812. The fraction of sp³-hybridized carbons (Fsp3) is 0.200. The van der Waals surface area contributed by atoms with Crippen LogP contribution < -0.4 is 0 Å². The van der Waals surface area contributed by atoms with Gasteiger partial charge in [-0.05, 0) is 38.1 Å². The lowest BCUT2D eigenvalue weighted by atomic mass is 10.2. The molecule has 2 aromatic rings. The zero-order valence-electron chi connectivity index (χ0n) is 12.7. The minimum atomic E-state index is -4.02. The van der Waals surface area contributed by atoms with Gasteiger partial charge in [0.25, 0.3) is 10.1 Å². The van der Waals surface area contributed by atoms with E-state index in [1.165, 1.54) is 24.3 Å². The van der Waals surface area contributed by atoms with E-state index in [2.05, 4.69) is 0 Å². The van der Waals surface area contributed by atoms with Crippen molar-refractivity contribution >= 4 is 20.0 Å². The van der Waals surface area contributed by atoms with Gasteiger partial charge in [-0.2, -0.15) is 8.42 Å². The number of benzene rings is 2. The molecule has 0 aliphatic heterocycles. The first-order valence-corrected chi connectivity index (χ1v) is 9.60. The van der Waals surface area contributed by atoms with E-state index in [1.54, 1.807) is 24.3 Å². The van der Waals surface area contributed by atoms with Crippen molar-refractivity contribution < 1.29 is 26.5 Å². The van der Waals surface area contributed by atoms with Gasteiger partial charge in [-0.3, -0.25) is 4.55 Å². The molecule has 8 heteroatoms. The van der Waals surface area contributed by atoms with Crippen LogP contribution in [0.5, 0.6) is 0 Å². The highest BCUT2D eigenvalue weighted by Gasteiger charge is 2.11. The van der Waals surface area contributed by atoms with E-state index in [0.29, 0.717) is 0 Å². The molecule has 2 rings (SSSR count). The summed E-state index contributed by atoms with van der Waals surface area (Å²) in [6.07, 6.45) is 0. The third kappa shape index (κ3) is 6.11. The Kier molecular flexibility index (Phi) is 6.46. The molecule has 0 atom stereocenters. The van der Waals surface area contributed by atoms with Crippen molar-refractivity contribution in [3.05, 3.63) is 59.7 Å².